The number of aromatic nitrogens is 2. The van der Waals surface area contributed by atoms with E-state index in [0.717, 1.165) is 43.7 Å². The molecule has 0 spiro atoms. The number of Topliss-reactive ketones (excluding diaryl/α,β-unsaturated/α-hetero) is 1. The SMILES string of the molecule is CCOC(=O)CC(c1cnc(C)nc1)N1CC(CCCCC(C)=O)C1. The van der Waals surface area contributed by atoms with Gasteiger partial charge in [0.15, 0.2) is 0 Å². The minimum Gasteiger partial charge on any atom is -0.466 e. The molecule has 2 heterocycles. The van der Waals surface area contributed by atoms with E-state index < -0.39 is 0 Å². The maximum absolute atomic E-state index is 12.0. The number of nitrogens with zero attached hydrogens (tertiary/aromatic N) is 3. The minimum absolute atomic E-state index is 0.0203. The van der Waals surface area contributed by atoms with Crippen molar-refractivity contribution in [1.82, 2.24) is 14.9 Å². The van der Waals surface area contributed by atoms with Crippen LogP contribution >= 0.6 is 0 Å². The maximum Gasteiger partial charge on any atom is 0.307 e. The van der Waals surface area contributed by atoms with Gasteiger partial charge in [0.25, 0.3) is 0 Å². The number of ether oxygens (including phenoxy) is 1. The van der Waals surface area contributed by atoms with Crippen molar-refractivity contribution in [3.8, 4) is 0 Å². The van der Waals surface area contributed by atoms with Gasteiger partial charge in [-0.3, -0.25) is 9.69 Å². The summed E-state index contributed by atoms with van der Waals surface area (Å²) < 4.78 is 5.13. The molecule has 0 N–H and O–H groups in total. The molecule has 138 valence electrons. The summed E-state index contributed by atoms with van der Waals surface area (Å²) in [5, 5.41) is 0. The van der Waals surface area contributed by atoms with Crippen LogP contribution in [0.5, 0.6) is 0 Å². The summed E-state index contributed by atoms with van der Waals surface area (Å²) in [6.45, 7) is 7.66. The lowest BCUT2D eigenvalue weighted by Crippen LogP contribution is -2.49. The van der Waals surface area contributed by atoms with Crippen LogP contribution in [-0.4, -0.2) is 46.3 Å². The third kappa shape index (κ3) is 6.20. The van der Waals surface area contributed by atoms with Gasteiger partial charge < -0.3 is 9.53 Å². The average molecular weight is 347 g/mol. The Morgan fingerprint density at radius 2 is 1.96 bits per heavy atom. The fourth-order valence-electron chi connectivity index (χ4n) is 3.26. The van der Waals surface area contributed by atoms with Gasteiger partial charge in [-0.1, -0.05) is 6.42 Å². The molecule has 1 aromatic rings. The van der Waals surface area contributed by atoms with Gasteiger partial charge in [-0.25, -0.2) is 9.97 Å². The summed E-state index contributed by atoms with van der Waals surface area (Å²) in [7, 11) is 0. The zero-order valence-electron chi connectivity index (χ0n) is 15.5. The summed E-state index contributed by atoms with van der Waals surface area (Å²) in [5.41, 5.74) is 0.966. The highest BCUT2D eigenvalue weighted by atomic mass is 16.5. The topological polar surface area (TPSA) is 72.4 Å². The molecule has 1 aliphatic heterocycles. The molecule has 25 heavy (non-hydrogen) atoms. The van der Waals surface area contributed by atoms with Crippen LogP contribution in [0.25, 0.3) is 0 Å². The van der Waals surface area contributed by atoms with E-state index in [4.69, 9.17) is 4.74 Å². The van der Waals surface area contributed by atoms with Crippen LogP contribution in [0.2, 0.25) is 0 Å². The summed E-state index contributed by atoms with van der Waals surface area (Å²) in [5.74, 6) is 1.45. The van der Waals surface area contributed by atoms with E-state index in [1.807, 2.05) is 26.2 Å². The Kier molecular flexibility index (Phi) is 7.50. The van der Waals surface area contributed by atoms with E-state index in [1.165, 1.54) is 0 Å². The molecule has 1 atom stereocenters. The fraction of sp³-hybridized carbons (Fsp3) is 0.684. The van der Waals surface area contributed by atoms with Crippen molar-refractivity contribution in [2.45, 2.75) is 58.9 Å². The van der Waals surface area contributed by atoms with Crippen LogP contribution in [0.15, 0.2) is 12.4 Å². The molecule has 0 saturated carbocycles. The Hall–Kier alpha value is -1.82. The number of carbonyl (C=O) groups excluding carboxylic acids is 2. The van der Waals surface area contributed by atoms with Gasteiger partial charge in [0.1, 0.15) is 11.6 Å². The standard InChI is InChI=1S/C19H29N3O3/c1-4-25-19(24)9-18(17-10-20-15(3)21-11-17)22-12-16(13-22)8-6-5-7-14(2)23/h10-11,16,18H,4-9,12-13H2,1-3H3. The Bertz CT molecular complexity index is 568. The first kappa shape index (κ1) is 19.5. The number of unbranched alkanes of at least 4 members (excludes halogenated alkanes) is 1. The molecule has 1 aliphatic rings. The van der Waals surface area contributed by atoms with Gasteiger partial charge in [0, 0.05) is 43.5 Å². The average Bonchev–Trinajstić information content (AvgIpc) is 2.52. The number of likely N-dealkylation sites (tertiary alicyclic amines) is 1. The van der Waals surface area contributed by atoms with E-state index in [0.29, 0.717) is 25.4 Å². The van der Waals surface area contributed by atoms with Crippen LogP contribution < -0.4 is 0 Å². The van der Waals surface area contributed by atoms with Gasteiger partial charge >= 0.3 is 5.97 Å². The second-order valence-electron chi connectivity index (χ2n) is 6.86. The van der Waals surface area contributed by atoms with Crippen molar-refractivity contribution in [3.05, 3.63) is 23.8 Å². The molecule has 6 heteroatoms. The summed E-state index contributed by atoms with van der Waals surface area (Å²) in [6, 6.07) is -0.0203. The van der Waals surface area contributed by atoms with E-state index in [2.05, 4.69) is 14.9 Å². The number of rotatable bonds is 10. The minimum atomic E-state index is -0.182. The van der Waals surface area contributed by atoms with Gasteiger partial charge in [-0.2, -0.15) is 0 Å². The zero-order chi connectivity index (χ0) is 18.2. The van der Waals surface area contributed by atoms with Gasteiger partial charge in [-0.15, -0.1) is 0 Å². The number of carbonyl (C=O) groups is 2. The number of hydrogen-bond donors (Lipinski definition) is 0. The smallest absolute Gasteiger partial charge is 0.307 e. The lowest BCUT2D eigenvalue weighted by Gasteiger charge is -2.44. The molecular formula is C19H29N3O3. The Morgan fingerprint density at radius 3 is 2.56 bits per heavy atom. The molecule has 0 aliphatic carbocycles. The zero-order valence-corrected chi connectivity index (χ0v) is 15.5. The highest BCUT2D eigenvalue weighted by Gasteiger charge is 2.34. The van der Waals surface area contributed by atoms with Crippen LogP contribution in [-0.2, 0) is 14.3 Å². The number of esters is 1. The summed E-state index contributed by atoms with van der Waals surface area (Å²) >= 11 is 0. The molecule has 1 fully saturated rings. The molecule has 2 rings (SSSR count). The first-order valence-electron chi connectivity index (χ1n) is 9.17. The first-order valence-corrected chi connectivity index (χ1v) is 9.17. The maximum atomic E-state index is 12.0. The Labute approximate surface area is 150 Å². The lowest BCUT2D eigenvalue weighted by molar-refractivity contribution is -0.145. The van der Waals surface area contributed by atoms with Crippen molar-refractivity contribution < 1.29 is 14.3 Å². The second-order valence-corrected chi connectivity index (χ2v) is 6.86. The Balaban J connectivity index is 1.88. The number of hydrogen-bond acceptors (Lipinski definition) is 6. The van der Waals surface area contributed by atoms with Crippen molar-refractivity contribution in [2.75, 3.05) is 19.7 Å². The third-order valence-electron chi connectivity index (χ3n) is 4.67. The van der Waals surface area contributed by atoms with Crippen LogP contribution in [0.3, 0.4) is 0 Å². The predicted molar refractivity (Wildman–Crippen MR) is 95.0 cm³/mol. The van der Waals surface area contributed by atoms with Crippen molar-refractivity contribution in [2.24, 2.45) is 5.92 Å². The van der Waals surface area contributed by atoms with Crippen molar-refractivity contribution in [1.29, 1.82) is 0 Å². The molecule has 0 radical (unpaired) electrons. The number of aryl methyl sites for hydroxylation is 1. The van der Waals surface area contributed by atoms with Crippen LogP contribution in [0, 0.1) is 12.8 Å². The highest BCUT2D eigenvalue weighted by Crippen LogP contribution is 2.33. The number of ketones is 1. The molecule has 1 aromatic heterocycles. The summed E-state index contributed by atoms with van der Waals surface area (Å²) in [6.07, 6.45) is 7.84. The molecule has 0 aromatic carbocycles. The molecular weight excluding hydrogens is 318 g/mol. The van der Waals surface area contributed by atoms with Crippen LogP contribution in [0.4, 0.5) is 0 Å². The van der Waals surface area contributed by atoms with E-state index >= 15 is 0 Å². The third-order valence-corrected chi connectivity index (χ3v) is 4.67. The largest absolute Gasteiger partial charge is 0.466 e. The lowest BCUT2D eigenvalue weighted by atomic mass is 9.89. The van der Waals surface area contributed by atoms with E-state index in [9.17, 15) is 9.59 Å². The second kappa shape index (κ2) is 9.61. The van der Waals surface area contributed by atoms with Crippen molar-refractivity contribution in [3.63, 3.8) is 0 Å². The molecule has 0 amide bonds. The normalized spacial score (nSPS) is 16.3. The predicted octanol–water partition coefficient (Wildman–Crippen LogP) is 2.86. The van der Waals surface area contributed by atoms with Gasteiger partial charge in [0.05, 0.1) is 13.0 Å². The van der Waals surface area contributed by atoms with Crippen LogP contribution in [0.1, 0.15) is 63.4 Å². The van der Waals surface area contributed by atoms with E-state index in [-0.39, 0.29) is 17.8 Å². The summed E-state index contributed by atoms with van der Waals surface area (Å²) in [4.78, 5) is 33.8. The monoisotopic (exact) mass is 347 g/mol. The van der Waals surface area contributed by atoms with E-state index in [1.54, 1.807) is 6.92 Å². The quantitative estimate of drug-likeness (QED) is 0.479. The molecule has 6 nitrogen and oxygen atoms in total. The molecule has 1 saturated heterocycles. The highest BCUT2D eigenvalue weighted by molar-refractivity contribution is 5.75. The molecule has 0 bridgehead atoms. The van der Waals surface area contributed by atoms with Crippen molar-refractivity contribution >= 4 is 11.8 Å². The molecule has 1 unspecified atom stereocenters. The van der Waals surface area contributed by atoms with Gasteiger partial charge in [0.2, 0.25) is 0 Å². The fourth-order valence-corrected chi connectivity index (χ4v) is 3.26. The first-order chi connectivity index (χ1) is 12.0. The Morgan fingerprint density at radius 1 is 1.28 bits per heavy atom. The van der Waals surface area contributed by atoms with Gasteiger partial charge in [-0.05, 0) is 39.5 Å².